The maximum Gasteiger partial charge on any atom is 0.308 e. The molecule has 4 atom stereocenters. The van der Waals surface area contributed by atoms with Gasteiger partial charge in [0.2, 0.25) is 6.29 Å². The van der Waals surface area contributed by atoms with Crippen molar-refractivity contribution in [3.63, 3.8) is 0 Å². The quantitative estimate of drug-likeness (QED) is 0.369. The van der Waals surface area contributed by atoms with Crippen molar-refractivity contribution < 1.29 is 23.8 Å². The first-order chi connectivity index (χ1) is 13.7. The molecule has 0 bridgehead atoms. The van der Waals surface area contributed by atoms with Crippen molar-refractivity contribution in [3.8, 4) is 11.5 Å². The van der Waals surface area contributed by atoms with E-state index >= 15 is 0 Å². The molecular weight excluding hydrogens is 368 g/mol. The second-order valence-corrected chi connectivity index (χ2v) is 8.64. The Morgan fingerprint density at radius 3 is 2.48 bits per heavy atom. The van der Waals surface area contributed by atoms with E-state index in [0.717, 1.165) is 48.1 Å². The third kappa shape index (κ3) is 4.49. The van der Waals surface area contributed by atoms with Gasteiger partial charge < -0.3 is 14.2 Å². The molecule has 29 heavy (non-hydrogen) atoms. The fraction of sp³-hybridized carbons (Fsp3) is 0.583. The van der Waals surface area contributed by atoms with Gasteiger partial charge in [0.25, 0.3) is 0 Å². The maximum atomic E-state index is 11.8. The SMILES string of the molecule is CC(=O)Oc1cc(C)c2c3c1[C@H](C)CC[C@H]3[C@H](CCC=C(C)C)C(OC(C)=O)O2. The van der Waals surface area contributed by atoms with Crippen LogP contribution in [-0.4, -0.2) is 18.2 Å². The van der Waals surface area contributed by atoms with Gasteiger partial charge in [0.05, 0.1) is 0 Å². The number of rotatable bonds is 5. The van der Waals surface area contributed by atoms with Gasteiger partial charge >= 0.3 is 11.9 Å². The molecule has 0 aromatic heterocycles. The highest BCUT2D eigenvalue weighted by Crippen LogP contribution is 2.55. The van der Waals surface area contributed by atoms with Gasteiger partial charge in [0, 0.05) is 30.9 Å². The molecular formula is C24H32O5. The number of carbonyl (C=O) groups is 2. The average molecular weight is 401 g/mol. The van der Waals surface area contributed by atoms with E-state index in [4.69, 9.17) is 14.2 Å². The molecule has 1 unspecified atom stereocenters. The summed E-state index contributed by atoms with van der Waals surface area (Å²) in [6.07, 6.45) is 5.42. The van der Waals surface area contributed by atoms with Crippen LogP contribution in [0.1, 0.15) is 88.8 Å². The zero-order valence-electron chi connectivity index (χ0n) is 18.3. The lowest BCUT2D eigenvalue weighted by molar-refractivity contribution is -0.174. The molecule has 1 aromatic carbocycles. The molecule has 5 heteroatoms. The Morgan fingerprint density at radius 2 is 1.86 bits per heavy atom. The number of esters is 2. The fourth-order valence-electron chi connectivity index (χ4n) is 4.80. The molecule has 0 saturated heterocycles. The second-order valence-electron chi connectivity index (χ2n) is 8.64. The zero-order chi connectivity index (χ0) is 21.3. The molecule has 0 N–H and O–H groups in total. The predicted molar refractivity (Wildman–Crippen MR) is 111 cm³/mol. The highest BCUT2D eigenvalue weighted by molar-refractivity contribution is 5.71. The smallest absolute Gasteiger partial charge is 0.308 e. The molecule has 0 radical (unpaired) electrons. The molecule has 1 aliphatic carbocycles. The molecule has 0 fully saturated rings. The maximum absolute atomic E-state index is 11.8. The number of allylic oxidation sites excluding steroid dienone is 2. The largest absolute Gasteiger partial charge is 0.454 e. The molecule has 2 aliphatic rings. The van der Waals surface area contributed by atoms with E-state index in [0.29, 0.717) is 5.75 Å². The minimum absolute atomic E-state index is 0.0697. The van der Waals surface area contributed by atoms with Gasteiger partial charge in [0.15, 0.2) is 0 Å². The normalized spacial score (nSPS) is 24.8. The second kappa shape index (κ2) is 8.60. The van der Waals surface area contributed by atoms with Crippen molar-refractivity contribution in [2.75, 3.05) is 0 Å². The molecule has 0 saturated carbocycles. The first-order valence-corrected chi connectivity index (χ1v) is 10.5. The van der Waals surface area contributed by atoms with Crippen LogP contribution in [0.3, 0.4) is 0 Å². The first kappa shape index (κ1) is 21.4. The summed E-state index contributed by atoms with van der Waals surface area (Å²) in [7, 11) is 0. The Kier molecular flexibility index (Phi) is 6.35. The number of carbonyl (C=O) groups excluding carboxylic acids is 2. The molecule has 1 heterocycles. The summed E-state index contributed by atoms with van der Waals surface area (Å²) >= 11 is 0. The summed E-state index contributed by atoms with van der Waals surface area (Å²) < 4.78 is 17.5. The highest BCUT2D eigenvalue weighted by Gasteiger charge is 2.45. The van der Waals surface area contributed by atoms with Crippen LogP contribution in [0.4, 0.5) is 0 Å². The molecule has 3 rings (SSSR count). The molecule has 0 amide bonds. The van der Waals surface area contributed by atoms with E-state index in [1.54, 1.807) is 0 Å². The summed E-state index contributed by atoms with van der Waals surface area (Å²) in [5, 5.41) is 0. The Hall–Kier alpha value is -2.30. The Morgan fingerprint density at radius 1 is 1.14 bits per heavy atom. The highest BCUT2D eigenvalue weighted by atomic mass is 16.7. The zero-order valence-corrected chi connectivity index (χ0v) is 18.3. The summed E-state index contributed by atoms with van der Waals surface area (Å²) in [6, 6.07) is 1.88. The molecule has 0 spiro atoms. The number of hydrogen-bond donors (Lipinski definition) is 0. The van der Waals surface area contributed by atoms with E-state index < -0.39 is 6.29 Å². The molecule has 5 nitrogen and oxygen atoms in total. The standard InChI is InChI=1S/C24H32O5/c1-13(2)8-7-9-19-18-11-10-14(3)21-20(27-16(5)25)12-15(4)23(22(18)21)29-24(19)28-17(6)26/h8,12,14,18-19,24H,7,9-11H2,1-6H3/t14-,18+,19+,24?/m1/s1. The lowest BCUT2D eigenvalue weighted by Crippen LogP contribution is -2.41. The fourth-order valence-corrected chi connectivity index (χ4v) is 4.80. The van der Waals surface area contributed by atoms with Crippen LogP contribution in [0.25, 0.3) is 0 Å². The van der Waals surface area contributed by atoms with Crippen molar-refractivity contribution in [1.29, 1.82) is 0 Å². The summed E-state index contributed by atoms with van der Waals surface area (Å²) in [6.45, 7) is 11.2. The Bertz CT molecular complexity index is 834. The van der Waals surface area contributed by atoms with Crippen LogP contribution in [0.2, 0.25) is 0 Å². The molecule has 158 valence electrons. The van der Waals surface area contributed by atoms with Crippen molar-refractivity contribution in [2.24, 2.45) is 5.92 Å². The third-order valence-corrected chi connectivity index (χ3v) is 5.97. The van der Waals surface area contributed by atoms with Crippen LogP contribution in [0, 0.1) is 12.8 Å². The van der Waals surface area contributed by atoms with Crippen LogP contribution in [0.15, 0.2) is 17.7 Å². The topological polar surface area (TPSA) is 61.8 Å². The number of benzene rings is 1. The van der Waals surface area contributed by atoms with Gasteiger partial charge in [-0.1, -0.05) is 18.6 Å². The van der Waals surface area contributed by atoms with E-state index in [9.17, 15) is 9.59 Å². The minimum atomic E-state index is -0.588. The summed E-state index contributed by atoms with van der Waals surface area (Å²) in [4.78, 5) is 23.5. The third-order valence-electron chi connectivity index (χ3n) is 5.97. The monoisotopic (exact) mass is 400 g/mol. The van der Waals surface area contributed by atoms with Gasteiger partial charge in [-0.25, -0.2) is 0 Å². The average Bonchev–Trinajstić information content (AvgIpc) is 2.60. The van der Waals surface area contributed by atoms with Gasteiger partial charge in [-0.3, -0.25) is 9.59 Å². The van der Waals surface area contributed by atoms with Crippen LogP contribution in [0.5, 0.6) is 11.5 Å². The van der Waals surface area contributed by atoms with Crippen LogP contribution < -0.4 is 9.47 Å². The van der Waals surface area contributed by atoms with E-state index in [-0.39, 0.29) is 29.7 Å². The van der Waals surface area contributed by atoms with Crippen LogP contribution in [-0.2, 0) is 14.3 Å². The molecule has 1 aliphatic heterocycles. The van der Waals surface area contributed by atoms with Crippen molar-refractivity contribution >= 4 is 11.9 Å². The van der Waals surface area contributed by atoms with E-state index in [1.807, 2.05) is 13.0 Å². The van der Waals surface area contributed by atoms with Gasteiger partial charge in [0.1, 0.15) is 11.5 Å². The lowest BCUT2D eigenvalue weighted by Gasteiger charge is -2.44. The molecule has 1 aromatic rings. The number of ether oxygens (including phenoxy) is 3. The van der Waals surface area contributed by atoms with Crippen LogP contribution >= 0.6 is 0 Å². The minimum Gasteiger partial charge on any atom is -0.454 e. The number of aryl methyl sites for hydroxylation is 1. The van der Waals surface area contributed by atoms with Crippen molar-refractivity contribution in [3.05, 3.63) is 34.4 Å². The first-order valence-electron chi connectivity index (χ1n) is 10.5. The van der Waals surface area contributed by atoms with Crippen molar-refractivity contribution in [1.82, 2.24) is 0 Å². The lowest BCUT2D eigenvalue weighted by atomic mass is 9.68. The Balaban J connectivity index is 2.09. The van der Waals surface area contributed by atoms with E-state index in [2.05, 4.69) is 26.8 Å². The van der Waals surface area contributed by atoms with Crippen molar-refractivity contribution in [2.45, 2.75) is 85.4 Å². The van der Waals surface area contributed by atoms with E-state index in [1.165, 1.54) is 19.4 Å². The number of hydrogen-bond acceptors (Lipinski definition) is 5. The van der Waals surface area contributed by atoms with Gasteiger partial charge in [-0.2, -0.15) is 0 Å². The summed E-state index contributed by atoms with van der Waals surface area (Å²) in [5.74, 6) is 1.35. The van der Waals surface area contributed by atoms with Gasteiger partial charge in [-0.15, -0.1) is 0 Å². The van der Waals surface area contributed by atoms with Gasteiger partial charge in [-0.05, 0) is 69.9 Å². The Labute approximate surface area is 173 Å². The summed E-state index contributed by atoms with van der Waals surface area (Å²) in [5.41, 5.74) is 4.40. The predicted octanol–water partition coefficient (Wildman–Crippen LogP) is 5.55.